The van der Waals surface area contributed by atoms with Crippen LogP contribution in [0.5, 0.6) is 0 Å². The Kier molecular flexibility index (Phi) is 10.1. The van der Waals surface area contributed by atoms with Crippen LogP contribution >= 0.6 is 34.8 Å². The highest BCUT2D eigenvalue weighted by atomic mass is 35.5. The summed E-state index contributed by atoms with van der Waals surface area (Å²) in [6, 6.07) is 7.17. The van der Waals surface area contributed by atoms with Crippen molar-refractivity contribution in [3.63, 3.8) is 0 Å². The largest absolute Gasteiger partial charge is 0.352 e. The fourth-order valence-electron chi connectivity index (χ4n) is 4.24. The lowest BCUT2D eigenvalue weighted by atomic mass is 9.95. The molecular formula is C25H29Cl3FN3O4S. The molecule has 1 aliphatic carbocycles. The molecule has 1 N–H and O–H groups in total. The standard InChI is InChI=1S/C25H29Cl3FN3O4S/c1-16(25(34)30-19-6-4-3-5-7-19)31(14-17-8-10-18(29)11-9-17)24(33)15-32(37(2,35)36)23-13-21(27)20(26)12-22(23)28/h8-13,16,19H,3-7,14-15H2,1-2H3,(H,30,34). The van der Waals surface area contributed by atoms with Gasteiger partial charge in [0.2, 0.25) is 21.8 Å². The second kappa shape index (κ2) is 12.7. The first-order valence-electron chi connectivity index (χ1n) is 11.8. The molecule has 0 bridgehead atoms. The minimum Gasteiger partial charge on any atom is -0.352 e. The maximum Gasteiger partial charge on any atom is 0.244 e. The van der Waals surface area contributed by atoms with Crippen LogP contribution in [0.25, 0.3) is 0 Å². The highest BCUT2D eigenvalue weighted by Gasteiger charge is 2.32. The molecule has 0 radical (unpaired) electrons. The van der Waals surface area contributed by atoms with E-state index in [9.17, 15) is 22.4 Å². The van der Waals surface area contributed by atoms with Crippen molar-refractivity contribution in [2.24, 2.45) is 0 Å². The van der Waals surface area contributed by atoms with Crippen molar-refractivity contribution in [1.29, 1.82) is 0 Å². The molecule has 2 aromatic rings. The number of nitrogens with zero attached hydrogens (tertiary/aromatic N) is 2. The molecule has 37 heavy (non-hydrogen) atoms. The van der Waals surface area contributed by atoms with Crippen molar-refractivity contribution in [2.75, 3.05) is 17.1 Å². The highest BCUT2D eigenvalue weighted by Crippen LogP contribution is 2.35. The Balaban J connectivity index is 1.91. The minimum atomic E-state index is -4.00. The third kappa shape index (κ3) is 7.96. The highest BCUT2D eigenvalue weighted by molar-refractivity contribution is 7.92. The molecule has 0 aliphatic heterocycles. The number of nitrogens with one attached hydrogen (secondary N) is 1. The average Bonchev–Trinajstić information content (AvgIpc) is 2.84. The van der Waals surface area contributed by atoms with E-state index in [1.807, 2.05) is 0 Å². The van der Waals surface area contributed by atoms with E-state index in [-0.39, 0.29) is 39.2 Å². The number of rotatable bonds is 9. The van der Waals surface area contributed by atoms with Crippen LogP contribution < -0.4 is 9.62 Å². The lowest BCUT2D eigenvalue weighted by Gasteiger charge is -2.33. The maximum atomic E-state index is 13.6. The molecule has 202 valence electrons. The van der Waals surface area contributed by atoms with Gasteiger partial charge in [0.05, 0.1) is 27.0 Å². The average molecular weight is 593 g/mol. The lowest BCUT2D eigenvalue weighted by molar-refractivity contribution is -0.139. The molecule has 1 atom stereocenters. The fraction of sp³-hybridized carbons (Fsp3) is 0.440. The van der Waals surface area contributed by atoms with Crippen LogP contribution in [0.1, 0.15) is 44.6 Å². The number of sulfonamides is 1. The van der Waals surface area contributed by atoms with Gasteiger partial charge in [0.25, 0.3) is 0 Å². The van der Waals surface area contributed by atoms with Crippen molar-refractivity contribution in [3.8, 4) is 0 Å². The summed E-state index contributed by atoms with van der Waals surface area (Å²) < 4.78 is 39.7. The SMILES string of the molecule is CC(C(=O)NC1CCCCC1)N(Cc1ccc(F)cc1)C(=O)CN(c1cc(Cl)c(Cl)cc1Cl)S(C)(=O)=O. The number of carbonyl (C=O) groups is 2. The van der Waals surface area contributed by atoms with Crippen molar-refractivity contribution >= 4 is 62.3 Å². The minimum absolute atomic E-state index is 0.0131. The van der Waals surface area contributed by atoms with Gasteiger partial charge < -0.3 is 10.2 Å². The summed E-state index contributed by atoms with van der Waals surface area (Å²) in [6.45, 7) is 0.903. The summed E-state index contributed by atoms with van der Waals surface area (Å²) in [6.07, 6.45) is 5.82. The van der Waals surface area contributed by atoms with Crippen molar-refractivity contribution < 1.29 is 22.4 Å². The second-order valence-corrected chi connectivity index (χ2v) is 12.3. The van der Waals surface area contributed by atoms with Gasteiger partial charge >= 0.3 is 0 Å². The Hall–Kier alpha value is -2.07. The van der Waals surface area contributed by atoms with E-state index in [1.165, 1.54) is 41.3 Å². The van der Waals surface area contributed by atoms with Gasteiger partial charge in [-0.05, 0) is 49.6 Å². The van der Waals surface area contributed by atoms with E-state index >= 15 is 0 Å². The molecule has 1 unspecified atom stereocenters. The Morgan fingerprint density at radius 1 is 1.03 bits per heavy atom. The van der Waals surface area contributed by atoms with E-state index in [2.05, 4.69) is 5.32 Å². The second-order valence-electron chi connectivity index (χ2n) is 9.15. The first-order chi connectivity index (χ1) is 17.4. The van der Waals surface area contributed by atoms with Gasteiger partial charge in [0.15, 0.2) is 0 Å². The van der Waals surface area contributed by atoms with Crippen LogP contribution in [-0.2, 0) is 26.2 Å². The van der Waals surface area contributed by atoms with Gasteiger partial charge in [-0.1, -0.05) is 66.2 Å². The third-order valence-electron chi connectivity index (χ3n) is 6.32. The molecule has 0 spiro atoms. The van der Waals surface area contributed by atoms with Gasteiger partial charge in [-0.15, -0.1) is 0 Å². The van der Waals surface area contributed by atoms with Crippen LogP contribution in [0.15, 0.2) is 36.4 Å². The van der Waals surface area contributed by atoms with Crippen LogP contribution in [0.2, 0.25) is 15.1 Å². The molecule has 1 aliphatic rings. The van der Waals surface area contributed by atoms with Gasteiger partial charge in [-0.25, -0.2) is 12.8 Å². The number of anilines is 1. The number of amides is 2. The van der Waals surface area contributed by atoms with Crippen molar-refractivity contribution in [1.82, 2.24) is 10.2 Å². The molecule has 0 aromatic heterocycles. The van der Waals surface area contributed by atoms with Crippen LogP contribution in [0.4, 0.5) is 10.1 Å². The van der Waals surface area contributed by atoms with E-state index in [4.69, 9.17) is 34.8 Å². The molecule has 3 rings (SSSR count). The summed E-state index contributed by atoms with van der Waals surface area (Å²) in [5, 5.41) is 3.18. The predicted octanol–water partition coefficient (Wildman–Crippen LogP) is 5.42. The number of hydrogen-bond donors (Lipinski definition) is 1. The molecule has 1 fully saturated rings. The first-order valence-corrected chi connectivity index (χ1v) is 14.8. The molecule has 2 amide bonds. The molecule has 12 heteroatoms. The molecule has 0 saturated heterocycles. The molecule has 0 heterocycles. The Labute approximate surface area is 231 Å². The predicted molar refractivity (Wildman–Crippen MR) is 145 cm³/mol. The van der Waals surface area contributed by atoms with Gasteiger partial charge in [-0.2, -0.15) is 0 Å². The molecule has 1 saturated carbocycles. The van der Waals surface area contributed by atoms with Crippen molar-refractivity contribution in [3.05, 3.63) is 62.8 Å². The van der Waals surface area contributed by atoms with Crippen LogP contribution in [-0.4, -0.2) is 50.0 Å². The van der Waals surface area contributed by atoms with Crippen molar-refractivity contribution in [2.45, 2.75) is 57.7 Å². The number of hydrogen-bond acceptors (Lipinski definition) is 4. The summed E-state index contributed by atoms with van der Waals surface area (Å²) in [4.78, 5) is 28.0. The lowest BCUT2D eigenvalue weighted by Crippen LogP contribution is -2.53. The third-order valence-corrected chi connectivity index (χ3v) is 8.47. The van der Waals surface area contributed by atoms with E-state index < -0.39 is 34.3 Å². The van der Waals surface area contributed by atoms with E-state index in [1.54, 1.807) is 6.92 Å². The van der Waals surface area contributed by atoms with Crippen LogP contribution in [0.3, 0.4) is 0 Å². The Bertz CT molecular complexity index is 1240. The Morgan fingerprint density at radius 2 is 1.62 bits per heavy atom. The monoisotopic (exact) mass is 591 g/mol. The fourth-order valence-corrected chi connectivity index (χ4v) is 5.78. The van der Waals surface area contributed by atoms with Crippen LogP contribution in [0, 0.1) is 5.82 Å². The number of benzene rings is 2. The molecule has 2 aromatic carbocycles. The van der Waals surface area contributed by atoms with Gasteiger partial charge in [0, 0.05) is 12.6 Å². The molecule has 7 nitrogen and oxygen atoms in total. The van der Waals surface area contributed by atoms with Gasteiger partial charge in [0.1, 0.15) is 18.4 Å². The summed E-state index contributed by atoms with van der Waals surface area (Å²) in [5.41, 5.74) is 0.554. The zero-order valence-corrected chi connectivity index (χ0v) is 23.6. The maximum absolute atomic E-state index is 13.6. The summed E-state index contributed by atoms with van der Waals surface area (Å²) in [7, 11) is -4.00. The van der Waals surface area contributed by atoms with E-state index in [0.29, 0.717) is 5.56 Å². The quantitative estimate of drug-likeness (QED) is 0.394. The number of halogens is 4. The van der Waals surface area contributed by atoms with Gasteiger partial charge in [-0.3, -0.25) is 13.9 Å². The topological polar surface area (TPSA) is 86.8 Å². The van der Waals surface area contributed by atoms with E-state index in [0.717, 1.165) is 42.7 Å². The molecular weight excluding hydrogens is 564 g/mol. The Morgan fingerprint density at radius 3 is 2.22 bits per heavy atom. The summed E-state index contributed by atoms with van der Waals surface area (Å²) >= 11 is 18.3. The normalized spacial score (nSPS) is 15.2. The number of carbonyl (C=O) groups excluding carboxylic acids is 2. The summed E-state index contributed by atoms with van der Waals surface area (Å²) in [5.74, 6) is -1.44. The smallest absolute Gasteiger partial charge is 0.244 e. The first kappa shape index (κ1) is 29.5. The zero-order chi connectivity index (χ0) is 27.3. The zero-order valence-electron chi connectivity index (χ0n) is 20.5.